The summed E-state index contributed by atoms with van der Waals surface area (Å²) < 4.78 is 10.2. The molecule has 0 spiro atoms. The van der Waals surface area contributed by atoms with Crippen LogP contribution in [-0.2, 0) is 0 Å². The van der Waals surface area contributed by atoms with Crippen molar-refractivity contribution in [2.24, 2.45) is 0 Å². The molecule has 0 heterocycles. The molecule has 1 aromatic carbocycles. The maximum absolute atomic E-state index is 11.8. The summed E-state index contributed by atoms with van der Waals surface area (Å²) in [4.78, 5) is 11.8. The van der Waals surface area contributed by atoms with E-state index >= 15 is 0 Å². The van der Waals surface area contributed by atoms with Crippen LogP contribution in [0.5, 0.6) is 11.5 Å². The first-order valence-electron chi connectivity index (χ1n) is 4.79. The van der Waals surface area contributed by atoms with E-state index in [4.69, 9.17) is 9.47 Å². The number of nitrogens with one attached hydrogen (secondary N) is 1. The maximum Gasteiger partial charge on any atom is 0.255 e. The maximum atomic E-state index is 11.8. The standard InChI is InChI=1S/C11H14BrNO3/c1-15-8-3-4-10(16-2)9(7-8)11(14)13-6-5-12/h3-4,7H,5-6H2,1-2H3,(H,13,14). The molecule has 16 heavy (non-hydrogen) atoms. The van der Waals surface area contributed by atoms with Gasteiger partial charge in [0, 0.05) is 11.9 Å². The van der Waals surface area contributed by atoms with E-state index in [1.807, 2.05) is 0 Å². The van der Waals surface area contributed by atoms with E-state index in [-0.39, 0.29) is 5.91 Å². The molecule has 0 fully saturated rings. The first-order chi connectivity index (χ1) is 7.72. The number of carbonyl (C=O) groups is 1. The topological polar surface area (TPSA) is 47.6 Å². The minimum atomic E-state index is -0.171. The Morgan fingerprint density at radius 2 is 2.12 bits per heavy atom. The lowest BCUT2D eigenvalue weighted by atomic mass is 10.1. The molecule has 0 atom stereocenters. The zero-order valence-electron chi connectivity index (χ0n) is 9.25. The van der Waals surface area contributed by atoms with Crippen LogP contribution >= 0.6 is 15.9 Å². The largest absolute Gasteiger partial charge is 0.497 e. The van der Waals surface area contributed by atoms with Gasteiger partial charge in [0.05, 0.1) is 19.8 Å². The van der Waals surface area contributed by atoms with Crippen molar-refractivity contribution in [3.63, 3.8) is 0 Å². The average molecular weight is 288 g/mol. The van der Waals surface area contributed by atoms with Crippen LogP contribution in [0.15, 0.2) is 18.2 Å². The summed E-state index contributed by atoms with van der Waals surface area (Å²) in [5.74, 6) is 0.993. The van der Waals surface area contributed by atoms with Crippen molar-refractivity contribution >= 4 is 21.8 Å². The van der Waals surface area contributed by atoms with Crippen LogP contribution < -0.4 is 14.8 Å². The number of hydrogen-bond donors (Lipinski definition) is 1. The SMILES string of the molecule is COc1ccc(OC)c(C(=O)NCCBr)c1. The Morgan fingerprint density at radius 3 is 2.69 bits per heavy atom. The molecule has 1 rings (SSSR count). The van der Waals surface area contributed by atoms with Crippen LogP contribution in [0, 0.1) is 0 Å². The third-order valence-electron chi connectivity index (χ3n) is 2.03. The summed E-state index contributed by atoms with van der Waals surface area (Å²) in [5, 5.41) is 3.47. The monoisotopic (exact) mass is 287 g/mol. The predicted molar refractivity (Wildman–Crippen MR) is 65.7 cm³/mol. The van der Waals surface area contributed by atoms with Gasteiger partial charge in [-0.1, -0.05) is 15.9 Å². The second-order valence-corrected chi connectivity index (χ2v) is 3.80. The fourth-order valence-electron chi connectivity index (χ4n) is 1.25. The van der Waals surface area contributed by atoms with E-state index in [2.05, 4.69) is 21.2 Å². The van der Waals surface area contributed by atoms with Crippen molar-refractivity contribution in [2.75, 3.05) is 26.1 Å². The van der Waals surface area contributed by atoms with Crippen LogP contribution in [0.1, 0.15) is 10.4 Å². The smallest absolute Gasteiger partial charge is 0.255 e. The highest BCUT2D eigenvalue weighted by molar-refractivity contribution is 9.09. The van der Waals surface area contributed by atoms with Crippen molar-refractivity contribution < 1.29 is 14.3 Å². The molecule has 5 heteroatoms. The fraction of sp³-hybridized carbons (Fsp3) is 0.364. The van der Waals surface area contributed by atoms with Crippen LogP contribution in [0.2, 0.25) is 0 Å². The number of halogens is 1. The number of alkyl halides is 1. The minimum absolute atomic E-state index is 0.171. The molecule has 1 aromatic rings. The van der Waals surface area contributed by atoms with Crippen LogP contribution in [0.3, 0.4) is 0 Å². The molecule has 0 aromatic heterocycles. The zero-order chi connectivity index (χ0) is 12.0. The molecule has 88 valence electrons. The quantitative estimate of drug-likeness (QED) is 0.841. The Hall–Kier alpha value is -1.23. The molecule has 0 aliphatic heterocycles. The second kappa shape index (κ2) is 6.37. The second-order valence-electron chi connectivity index (χ2n) is 3.01. The van der Waals surface area contributed by atoms with Gasteiger partial charge in [0.25, 0.3) is 5.91 Å². The van der Waals surface area contributed by atoms with Crippen LogP contribution in [-0.4, -0.2) is 32.0 Å². The highest BCUT2D eigenvalue weighted by Crippen LogP contribution is 2.23. The van der Waals surface area contributed by atoms with Crippen LogP contribution in [0.25, 0.3) is 0 Å². The van der Waals surface area contributed by atoms with Gasteiger partial charge >= 0.3 is 0 Å². The summed E-state index contributed by atoms with van der Waals surface area (Å²) in [6.07, 6.45) is 0. The Kier molecular flexibility index (Phi) is 5.11. The number of hydrogen-bond acceptors (Lipinski definition) is 3. The van der Waals surface area contributed by atoms with E-state index in [1.165, 1.54) is 7.11 Å². The molecule has 0 bridgehead atoms. The minimum Gasteiger partial charge on any atom is -0.497 e. The van der Waals surface area contributed by atoms with Gasteiger partial charge in [-0.25, -0.2) is 0 Å². The molecule has 4 nitrogen and oxygen atoms in total. The lowest BCUT2D eigenvalue weighted by molar-refractivity contribution is 0.0953. The Balaban J connectivity index is 2.94. The summed E-state index contributed by atoms with van der Waals surface area (Å²) in [6, 6.07) is 5.12. The Morgan fingerprint density at radius 1 is 1.38 bits per heavy atom. The van der Waals surface area contributed by atoms with Crippen LogP contribution in [0.4, 0.5) is 0 Å². The number of carbonyl (C=O) groups excluding carboxylic acids is 1. The summed E-state index contributed by atoms with van der Waals surface area (Å²) >= 11 is 3.24. The molecule has 1 N–H and O–H groups in total. The number of rotatable bonds is 5. The third-order valence-corrected chi connectivity index (χ3v) is 2.43. The van der Waals surface area contributed by atoms with Gasteiger partial charge in [0.2, 0.25) is 0 Å². The molecule has 1 amide bonds. The molecular weight excluding hydrogens is 274 g/mol. The first-order valence-corrected chi connectivity index (χ1v) is 5.91. The molecule has 0 aliphatic carbocycles. The van der Waals surface area contributed by atoms with Gasteiger partial charge in [-0.3, -0.25) is 4.79 Å². The van der Waals surface area contributed by atoms with E-state index < -0.39 is 0 Å². The summed E-state index contributed by atoms with van der Waals surface area (Å²) in [5.41, 5.74) is 0.475. The molecule has 0 saturated carbocycles. The number of ether oxygens (including phenoxy) is 2. The third kappa shape index (κ3) is 3.13. The predicted octanol–water partition coefficient (Wildman–Crippen LogP) is 1.83. The summed E-state index contributed by atoms with van der Waals surface area (Å²) in [7, 11) is 3.09. The lowest BCUT2D eigenvalue weighted by Crippen LogP contribution is -2.25. The van der Waals surface area contributed by atoms with Gasteiger partial charge in [0.1, 0.15) is 11.5 Å². The number of methoxy groups -OCH3 is 2. The van der Waals surface area contributed by atoms with Crippen molar-refractivity contribution in [1.82, 2.24) is 5.32 Å². The highest BCUT2D eigenvalue weighted by Gasteiger charge is 2.12. The van der Waals surface area contributed by atoms with Gasteiger partial charge < -0.3 is 14.8 Å². The van der Waals surface area contributed by atoms with Crippen molar-refractivity contribution in [2.45, 2.75) is 0 Å². The van der Waals surface area contributed by atoms with Gasteiger partial charge in [0.15, 0.2) is 0 Å². The number of amides is 1. The number of benzene rings is 1. The van der Waals surface area contributed by atoms with Crippen molar-refractivity contribution in [3.05, 3.63) is 23.8 Å². The van der Waals surface area contributed by atoms with Gasteiger partial charge in [-0.15, -0.1) is 0 Å². The fourth-order valence-corrected chi connectivity index (χ4v) is 1.45. The Bertz CT molecular complexity index is 368. The molecule has 0 unspecified atom stereocenters. The molecular formula is C11H14BrNO3. The van der Waals surface area contributed by atoms with E-state index in [0.29, 0.717) is 28.9 Å². The highest BCUT2D eigenvalue weighted by atomic mass is 79.9. The van der Waals surface area contributed by atoms with E-state index in [0.717, 1.165) is 0 Å². The lowest BCUT2D eigenvalue weighted by Gasteiger charge is -2.10. The van der Waals surface area contributed by atoms with Gasteiger partial charge in [-0.2, -0.15) is 0 Å². The molecule has 0 saturated heterocycles. The molecule has 0 aliphatic rings. The first kappa shape index (κ1) is 12.8. The van der Waals surface area contributed by atoms with Crippen molar-refractivity contribution in [3.8, 4) is 11.5 Å². The average Bonchev–Trinajstić information content (AvgIpc) is 2.35. The van der Waals surface area contributed by atoms with E-state index in [1.54, 1.807) is 25.3 Å². The molecule has 0 radical (unpaired) electrons. The zero-order valence-corrected chi connectivity index (χ0v) is 10.8. The van der Waals surface area contributed by atoms with Crippen molar-refractivity contribution in [1.29, 1.82) is 0 Å². The Labute approximate surface area is 103 Å². The normalized spacial score (nSPS) is 9.69. The van der Waals surface area contributed by atoms with E-state index in [9.17, 15) is 4.79 Å². The van der Waals surface area contributed by atoms with Gasteiger partial charge in [-0.05, 0) is 18.2 Å². The summed E-state index contributed by atoms with van der Waals surface area (Å²) in [6.45, 7) is 0.569.